The van der Waals surface area contributed by atoms with Crippen LogP contribution in [-0.4, -0.2) is 37.2 Å². The molecule has 1 fully saturated rings. The first-order valence-electron chi connectivity index (χ1n) is 7.49. The van der Waals surface area contributed by atoms with Gasteiger partial charge in [-0.25, -0.2) is 0 Å². The van der Waals surface area contributed by atoms with Gasteiger partial charge in [-0.05, 0) is 6.42 Å². The number of nitrogens with zero attached hydrogens (tertiary/aromatic N) is 1. The molecule has 0 spiro atoms. The van der Waals surface area contributed by atoms with Gasteiger partial charge in [0, 0.05) is 32.6 Å². The molecule has 0 aromatic heterocycles. The molecule has 1 aliphatic heterocycles. The summed E-state index contributed by atoms with van der Waals surface area (Å²) in [5, 5.41) is 5.01. The van der Waals surface area contributed by atoms with Crippen molar-refractivity contribution in [3.05, 3.63) is 0 Å². The van der Waals surface area contributed by atoms with Crippen molar-refractivity contribution in [2.75, 3.05) is 26.2 Å². The summed E-state index contributed by atoms with van der Waals surface area (Å²) in [7, 11) is 0. The second-order valence-electron chi connectivity index (χ2n) is 5.01. The number of hydroxylamine groups is 2. The van der Waals surface area contributed by atoms with E-state index in [9.17, 15) is 4.79 Å². The Labute approximate surface area is 111 Å². The molecule has 4 nitrogen and oxygen atoms in total. The van der Waals surface area contributed by atoms with Gasteiger partial charge in [-0.2, -0.15) is 0 Å². The van der Waals surface area contributed by atoms with Gasteiger partial charge in [0.15, 0.2) is 0 Å². The number of hydrogen-bond acceptors (Lipinski definition) is 4. The Kier molecular flexibility index (Phi) is 8.86. The van der Waals surface area contributed by atoms with Crippen molar-refractivity contribution in [2.24, 2.45) is 0 Å². The topological polar surface area (TPSA) is 41.6 Å². The van der Waals surface area contributed by atoms with Gasteiger partial charge in [-0.15, -0.1) is 5.06 Å². The summed E-state index contributed by atoms with van der Waals surface area (Å²) in [4.78, 5) is 16.9. The van der Waals surface area contributed by atoms with Crippen LogP contribution in [0.25, 0.3) is 0 Å². The largest absolute Gasteiger partial charge is 0.368 e. The molecule has 0 unspecified atom stereocenters. The molecule has 1 N–H and O–H groups in total. The van der Waals surface area contributed by atoms with Crippen LogP contribution in [0.1, 0.15) is 58.3 Å². The summed E-state index contributed by atoms with van der Waals surface area (Å²) < 4.78 is 0. The highest BCUT2D eigenvalue weighted by Crippen LogP contribution is 2.09. The average molecular weight is 256 g/mol. The maximum absolute atomic E-state index is 11.6. The summed E-state index contributed by atoms with van der Waals surface area (Å²) in [6.07, 6.45) is 9.21. The van der Waals surface area contributed by atoms with Crippen molar-refractivity contribution in [3.63, 3.8) is 0 Å². The minimum absolute atomic E-state index is 0.0644. The molecule has 0 atom stereocenters. The van der Waals surface area contributed by atoms with Crippen LogP contribution in [0.5, 0.6) is 0 Å². The monoisotopic (exact) mass is 256 g/mol. The number of carbonyl (C=O) groups excluding carboxylic acids is 1. The molecule has 1 aliphatic rings. The molecule has 0 aromatic carbocycles. The smallest absolute Gasteiger partial charge is 0.325 e. The van der Waals surface area contributed by atoms with Gasteiger partial charge in [0.1, 0.15) is 0 Å². The summed E-state index contributed by atoms with van der Waals surface area (Å²) in [6.45, 7) is 5.66. The number of nitrogens with one attached hydrogen (secondary N) is 1. The summed E-state index contributed by atoms with van der Waals surface area (Å²) >= 11 is 0. The van der Waals surface area contributed by atoms with Gasteiger partial charge in [-0.3, -0.25) is 4.79 Å². The van der Waals surface area contributed by atoms with Gasteiger partial charge in [0.05, 0.1) is 0 Å². The molecule has 0 aromatic rings. The van der Waals surface area contributed by atoms with Crippen molar-refractivity contribution >= 4 is 5.97 Å². The van der Waals surface area contributed by atoms with Crippen LogP contribution in [0.15, 0.2) is 0 Å². The van der Waals surface area contributed by atoms with Gasteiger partial charge in [0.2, 0.25) is 0 Å². The molecule has 106 valence electrons. The van der Waals surface area contributed by atoms with E-state index < -0.39 is 0 Å². The third-order valence-electron chi connectivity index (χ3n) is 3.29. The van der Waals surface area contributed by atoms with Crippen LogP contribution in [0, 0.1) is 0 Å². The highest BCUT2D eigenvalue weighted by atomic mass is 16.7. The maximum Gasteiger partial charge on any atom is 0.325 e. The highest BCUT2D eigenvalue weighted by Gasteiger charge is 2.13. The average Bonchev–Trinajstić information content (AvgIpc) is 2.39. The first-order valence-corrected chi connectivity index (χ1v) is 7.49. The molecule has 0 radical (unpaired) electrons. The van der Waals surface area contributed by atoms with Crippen molar-refractivity contribution < 1.29 is 9.63 Å². The van der Waals surface area contributed by atoms with Crippen LogP contribution in [0.2, 0.25) is 0 Å². The van der Waals surface area contributed by atoms with E-state index in [2.05, 4.69) is 12.2 Å². The van der Waals surface area contributed by atoms with Crippen LogP contribution >= 0.6 is 0 Å². The van der Waals surface area contributed by atoms with E-state index >= 15 is 0 Å². The third-order valence-corrected chi connectivity index (χ3v) is 3.29. The molecule has 1 rings (SSSR count). The first kappa shape index (κ1) is 15.4. The Morgan fingerprint density at radius 2 is 1.67 bits per heavy atom. The third kappa shape index (κ3) is 7.67. The summed E-state index contributed by atoms with van der Waals surface area (Å²) in [5.41, 5.74) is 0. The van der Waals surface area contributed by atoms with E-state index in [4.69, 9.17) is 4.84 Å². The minimum Gasteiger partial charge on any atom is -0.368 e. The van der Waals surface area contributed by atoms with Crippen LogP contribution < -0.4 is 5.32 Å². The molecule has 1 heterocycles. The molecular weight excluding hydrogens is 228 g/mol. The maximum atomic E-state index is 11.6. The fourth-order valence-electron chi connectivity index (χ4n) is 2.15. The number of piperazine rings is 1. The standard InChI is InChI=1S/C14H28N2O2/c1-2-3-4-5-6-7-8-9-14(17)18-16-12-10-15-11-13-16/h15H,2-13H2,1H3. The number of rotatable bonds is 9. The van der Waals surface area contributed by atoms with E-state index in [1.54, 1.807) is 5.06 Å². The van der Waals surface area contributed by atoms with Crippen molar-refractivity contribution in [1.82, 2.24) is 10.4 Å². The Morgan fingerprint density at radius 3 is 2.33 bits per heavy atom. The van der Waals surface area contributed by atoms with Crippen LogP contribution in [0.4, 0.5) is 0 Å². The van der Waals surface area contributed by atoms with Gasteiger partial charge >= 0.3 is 5.97 Å². The lowest BCUT2D eigenvalue weighted by atomic mass is 10.1. The Morgan fingerprint density at radius 1 is 1.06 bits per heavy atom. The molecule has 18 heavy (non-hydrogen) atoms. The van der Waals surface area contributed by atoms with E-state index in [0.717, 1.165) is 39.0 Å². The quantitative estimate of drug-likeness (QED) is 0.644. The molecular formula is C14H28N2O2. The van der Waals surface area contributed by atoms with Gasteiger partial charge in [0.25, 0.3) is 0 Å². The lowest BCUT2D eigenvalue weighted by molar-refractivity contribution is -0.192. The number of carbonyl (C=O) groups is 1. The molecule has 0 bridgehead atoms. The summed E-state index contributed by atoms with van der Waals surface area (Å²) in [5.74, 6) is -0.0644. The second-order valence-corrected chi connectivity index (χ2v) is 5.01. The number of hydrogen-bond donors (Lipinski definition) is 1. The molecule has 0 amide bonds. The van der Waals surface area contributed by atoms with E-state index in [1.807, 2.05) is 0 Å². The zero-order valence-corrected chi connectivity index (χ0v) is 11.7. The first-order chi connectivity index (χ1) is 8.83. The Hall–Kier alpha value is -0.610. The molecule has 4 heteroatoms. The lowest BCUT2D eigenvalue weighted by Crippen LogP contribution is -2.44. The Bertz CT molecular complexity index is 216. The predicted molar refractivity (Wildman–Crippen MR) is 73.1 cm³/mol. The van der Waals surface area contributed by atoms with Crippen LogP contribution in [-0.2, 0) is 9.63 Å². The minimum atomic E-state index is -0.0644. The molecule has 0 aliphatic carbocycles. The van der Waals surface area contributed by atoms with Crippen molar-refractivity contribution in [1.29, 1.82) is 0 Å². The van der Waals surface area contributed by atoms with Gasteiger partial charge in [-0.1, -0.05) is 45.4 Å². The predicted octanol–water partition coefficient (Wildman–Crippen LogP) is 2.49. The molecule has 0 saturated carbocycles. The number of unbranched alkanes of at least 4 members (excludes halogenated alkanes) is 6. The Balaban J connectivity index is 1.90. The highest BCUT2D eigenvalue weighted by molar-refractivity contribution is 5.68. The zero-order valence-electron chi connectivity index (χ0n) is 11.7. The zero-order chi connectivity index (χ0) is 13.1. The SMILES string of the molecule is CCCCCCCCCC(=O)ON1CCNCC1. The van der Waals surface area contributed by atoms with Crippen LogP contribution in [0.3, 0.4) is 0 Å². The summed E-state index contributed by atoms with van der Waals surface area (Å²) in [6, 6.07) is 0. The van der Waals surface area contributed by atoms with Crippen molar-refractivity contribution in [3.8, 4) is 0 Å². The van der Waals surface area contributed by atoms with E-state index in [-0.39, 0.29) is 5.97 Å². The molecule has 1 saturated heterocycles. The van der Waals surface area contributed by atoms with E-state index in [0.29, 0.717) is 6.42 Å². The van der Waals surface area contributed by atoms with Crippen molar-refractivity contribution in [2.45, 2.75) is 58.3 Å². The lowest BCUT2D eigenvalue weighted by Gasteiger charge is -2.25. The second kappa shape index (κ2) is 10.3. The fraction of sp³-hybridized carbons (Fsp3) is 0.929. The van der Waals surface area contributed by atoms with E-state index in [1.165, 1.54) is 32.1 Å². The van der Waals surface area contributed by atoms with Gasteiger partial charge < -0.3 is 10.2 Å². The normalized spacial score (nSPS) is 16.7. The fourth-order valence-corrected chi connectivity index (χ4v) is 2.15.